The summed E-state index contributed by atoms with van der Waals surface area (Å²) in [4.78, 5) is 16.0. The number of para-hydroxylation sites is 1. The number of benzene rings is 1. The summed E-state index contributed by atoms with van der Waals surface area (Å²) in [6.07, 6.45) is 1.51. The number of nitrogens with zero attached hydrogens (tertiary/aromatic N) is 5. The van der Waals surface area contributed by atoms with Gasteiger partial charge < -0.3 is 15.0 Å². The zero-order chi connectivity index (χ0) is 18.3. The largest absolute Gasteiger partial charge is 0.492 e. The number of hydrogen-bond acceptors (Lipinski definition) is 6. The Bertz CT molecular complexity index is 1100. The van der Waals surface area contributed by atoms with Crippen LogP contribution in [0.25, 0.3) is 16.9 Å². The predicted molar refractivity (Wildman–Crippen MR) is 99.6 cm³/mol. The number of aromatic nitrogens is 6. The van der Waals surface area contributed by atoms with Crippen LogP contribution in [0.3, 0.4) is 0 Å². The molecule has 0 saturated carbocycles. The van der Waals surface area contributed by atoms with Crippen LogP contribution in [0.15, 0.2) is 30.6 Å². The van der Waals surface area contributed by atoms with Crippen LogP contribution in [0, 0.1) is 13.8 Å². The minimum Gasteiger partial charge on any atom is -0.492 e. The van der Waals surface area contributed by atoms with Crippen LogP contribution in [0.2, 0.25) is 5.15 Å². The highest BCUT2D eigenvalue weighted by molar-refractivity contribution is 6.30. The first-order valence-corrected chi connectivity index (χ1v) is 8.28. The molecule has 26 heavy (non-hydrogen) atoms. The molecule has 0 amide bonds. The molecule has 0 radical (unpaired) electrons. The van der Waals surface area contributed by atoms with E-state index in [4.69, 9.17) is 16.3 Å². The molecule has 1 aromatic carbocycles. The molecule has 8 nitrogen and oxygen atoms in total. The second kappa shape index (κ2) is 6.30. The van der Waals surface area contributed by atoms with Crippen molar-refractivity contribution >= 4 is 34.1 Å². The summed E-state index contributed by atoms with van der Waals surface area (Å²) in [7, 11) is 1.62. The van der Waals surface area contributed by atoms with Crippen molar-refractivity contribution in [2.24, 2.45) is 0 Å². The minimum atomic E-state index is 0.367. The first kappa shape index (κ1) is 16.3. The molecule has 4 aromatic rings. The average Bonchev–Trinajstić information content (AvgIpc) is 3.19. The van der Waals surface area contributed by atoms with Crippen molar-refractivity contribution in [3.05, 3.63) is 47.4 Å². The van der Waals surface area contributed by atoms with E-state index in [0.29, 0.717) is 22.1 Å². The lowest BCUT2D eigenvalue weighted by molar-refractivity contribution is 0.413. The lowest BCUT2D eigenvalue weighted by Gasteiger charge is -2.15. The second-order valence-electron chi connectivity index (χ2n) is 5.71. The Morgan fingerprint density at radius 1 is 1.19 bits per heavy atom. The van der Waals surface area contributed by atoms with Gasteiger partial charge in [0.25, 0.3) is 0 Å². The first-order chi connectivity index (χ1) is 12.6. The SMILES string of the molecule is COc1c(Nc2cc(Cl)nc3[nH]c(C)nc23)cccc1-n1ncnc1C. The van der Waals surface area contributed by atoms with Crippen LogP contribution >= 0.6 is 11.6 Å². The number of H-pyrrole nitrogens is 1. The molecule has 0 bridgehead atoms. The molecule has 3 heterocycles. The Labute approximate surface area is 154 Å². The number of hydrogen-bond donors (Lipinski definition) is 2. The highest BCUT2D eigenvalue weighted by atomic mass is 35.5. The number of ether oxygens (including phenoxy) is 1. The van der Waals surface area contributed by atoms with Crippen molar-refractivity contribution in [2.45, 2.75) is 13.8 Å². The molecule has 0 spiro atoms. The van der Waals surface area contributed by atoms with Gasteiger partial charge in [-0.15, -0.1) is 0 Å². The summed E-state index contributed by atoms with van der Waals surface area (Å²) in [6.45, 7) is 3.75. The molecule has 4 rings (SSSR count). The third-order valence-corrected chi connectivity index (χ3v) is 4.15. The van der Waals surface area contributed by atoms with Crippen molar-refractivity contribution in [2.75, 3.05) is 12.4 Å². The van der Waals surface area contributed by atoms with Gasteiger partial charge in [0.2, 0.25) is 0 Å². The maximum absolute atomic E-state index is 6.15. The number of imidazole rings is 1. The molecule has 0 aliphatic rings. The Morgan fingerprint density at radius 2 is 2.04 bits per heavy atom. The Morgan fingerprint density at radius 3 is 2.77 bits per heavy atom. The molecule has 0 saturated heterocycles. The molecular weight excluding hydrogens is 354 g/mol. The van der Waals surface area contributed by atoms with Crippen LogP contribution in [-0.4, -0.2) is 36.8 Å². The summed E-state index contributed by atoms with van der Waals surface area (Å²) < 4.78 is 7.37. The number of anilines is 2. The lowest BCUT2D eigenvalue weighted by Crippen LogP contribution is -2.04. The fourth-order valence-corrected chi connectivity index (χ4v) is 3.05. The van der Waals surface area contributed by atoms with E-state index in [-0.39, 0.29) is 0 Å². The van der Waals surface area contributed by atoms with E-state index in [1.807, 2.05) is 32.0 Å². The highest BCUT2D eigenvalue weighted by Gasteiger charge is 2.16. The Balaban J connectivity index is 1.84. The standard InChI is InChI=1S/C17H16ClN7O/c1-9-21-15-12(7-14(18)24-17(15)22-9)23-11-5-4-6-13(16(11)26-3)25-10(2)19-8-20-25/h4-8H,1-3H3,(H2,21,22,23,24). The van der Waals surface area contributed by atoms with Crippen molar-refractivity contribution in [1.82, 2.24) is 29.7 Å². The van der Waals surface area contributed by atoms with Gasteiger partial charge in [-0.3, -0.25) is 0 Å². The van der Waals surface area contributed by atoms with Crippen molar-refractivity contribution in [3.8, 4) is 11.4 Å². The minimum absolute atomic E-state index is 0.367. The molecule has 132 valence electrons. The number of aryl methyl sites for hydroxylation is 2. The quantitative estimate of drug-likeness (QED) is 0.534. The molecule has 0 atom stereocenters. The molecule has 3 aromatic heterocycles. The monoisotopic (exact) mass is 369 g/mol. The maximum atomic E-state index is 6.15. The topological polar surface area (TPSA) is 93.5 Å². The van der Waals surface area contributed by atoms with Crippen LogP contribution in [0.4, 0.5) is 11.4 Å². The highest BCUT2D eigenvalue weighted by Crippen LogP contribution is 2.35. The fourth-order valence-electron chi connectivity index (χ4n) is 2.86. The molecule has 0 fully saturated rings. The number of fused-ring (bicyclic) bond motifs is 1. The van der Waals surface area contributed by atoms with Crippen molar-refractivity contribution in [1.29, 1.82) is 0 Å². The van der Waals surface area contributed by atoms with Crippen LogP contribution in [0.1, 0.15) is 11.6 Å². The summed E-state index contributed by atoms with van der Waals surface area (Å²) in [5, 5.41) is 7.98. The predicted octanol–water partition coefficient (Wildman–Crippen LogP) is 3.56. The molecular formula is C17H16ClN7O. The maximum Gasteiger partial charge on any atom is 0.168 e. The average molecular weight is 370 g/mol. The van der Waals surface area contributed by atoms with Crippen molar-refractivity contribution in [3.63, 3.8) is 0 Å². The summed E-state index contributed by atoms with van der Waals surface area (Å²) in [5.74, 6) is 2.16. The van der Waals surface area contributed by atoms with Gasteiger partial charge in [0.05, 0.1) is 18.5 Å². The van der Waals surface area contributed by atoms with E-state index < -0.39 is 0 Å². The fraction of sp³-hybridized carbons (Fsp3) is 0.176. The first-order valence-electron chi connectivity index (χ1n) is 7.90. The Kier molecular flexibility index (Phi) is 3.96. The number of rotatable bonds is 4. The van der Waals surface area contributed by atoms with E-state index in [9.17, 15) is 0 Å². The molecule has 0 unspecified atom stereocenters. The number of halogens is 1. The smallest absolute Gasteiger partial charge is 0.168 e. The summed E-state index contributed by atoms with van der Waals surface area (Å²) in [5.41, 5.74) is 3.59. The van der Waals surface area contributed by atoms with Gasteiger partial charge in [-0.25, -0.2) is 19.6 Å². The van der Waals surface area contributed by atoms with E-state index >= 15 is 0 Å². The lowest BCUT2D eigenvalue weighted by atomic mass is 10.2. The van der Waals surface area contributed by atoms with E-state index in [1.165, 1.54) is 6.33 Å². The van der Waals surface area contributed by atoms with Gasteiger partial charge >= 0.3 is 0 Å². The van der Waals surface area contributed by atoms with Gasteiger partial charge in [-0.1, -0.05) is 17.7 Å². The molecule has 9 heteroatoms. The zero-order valence-electron chi connectivity index (χ0n) is 14.4. The van der Waals surface area contributed by atoms with Crippen molar-refractivity contribution < 1.29 is 4.74 Å². The van der Waals surface area contributed by atoms with E-state index in [1.54, 1.807) is 17.9 Å². The van der Waals surface area contributed by atoms with E-state index in [0.717, 1.165) is 28.7 Å². The van der Waals surface area contributed by atoms with Gasteiger partial charge in [0.1, 0.15) is 34.3 Å². The van der Waals surface area contributed by atoms with Gasteiger partial charge in [-0.05, 0) is 26.0 Å². The summed E-state index contributed by atoms with van der Waals surface area (Å²) >= 11 is 6.15. The zero-order valence-corrected chi connectivity index (χ0v) is 15.2. The van der Waals surface area contributed by atoms with Crippen LogP contribution in [0.5, 0.6) is 5.75 Å². The Hall–Kier alpha value is -3.13. The van der Waals surface area contributed by atoms with Gasteiger partial charge in [-0.2, -0.15) is 5.10 Å². The normalized spacial score (nSPS) is 11.1. The van der Waals surface area contributed by atoms with Crippen LogP contribution in [-0.2, 0) is 0 Å². The molecule has 0 aliphatic carbocycles. The number of methoxy groups -OCH3 is 1. The number of nitrogens with one attached hydrogen (secondary N) is 2. The van der Waals surface area contributed by atoms with Crippen LogP contribution < -0.4 is 10.1 Å². The number of aromatic amines is 1. The van der Waals surface area contributed by atoms with Gasteiger partial charge in [0.15, 0.2) is 11.4 Å². The third kappa shape index (κ3) is 2.74. The third-order valence-electron chi connectivity index (χ3n) is 3.95. The second-order valence-corrected chi connectivity index (χ2v) is 6.10. The molecule has 2 N–H and O–H groups in total. The summed E-state index contributed by atoms with van der Waals surface area (Å²) in [6, 6.07) is 7.47. The molecule has 0 aliphatic heterocycles. The van der Waals surface area contributed by atoms with E-state index in [2.05, 4.69) is 30.4 Å². The van der Waals surface area contributed by atoms with Gasteiger partial charge in [0, 0.05) is 6.07 Å². The number of pyridine rings is 1.